The highest BCUT2D eigenvalue weighted by Crippen LogP contribution is 2.21. The van der Waals surface area contributed by atoms with Gasteiger partial charge in [-0.3, -0.25) is 0 Å². The Kier molecular flexibility index (Phi) is 4.43. The molecule has 0 amide bonds. The maximum atomic E-state index is 11.6. The molecule has 104 valence electrons. The van der Waals surface area contributed by atoms with Crippen molar-refractivity contribution in [2.75, 3.05) is 32.6 Å². The summed E-state index contributed by atoms with van der Waals surface area (Å²) in [6.45, 7) is 4.26. The van der Waals surface area contributed by atoms with Crippen LogP contribution in [0.1, 0.15) is 28.8 Å². The molecule has 1 unspecified atom stereocenters. The first-order valence-corrected chi connectivity index (χ1v) is 6.74. The SMILES string of the molecule is COC(=O)c1ccc(C)c(NC2CCCN(C)C2)c1. The van der Waals surface area contributed by atoms with Crippen molar-refractivity contribution in [3.8, 4) is 0 Å². The second-order valence-electron chi connectivity index (χ2n) is 5.27. The van der Waals surface area contributed by atoms with Crippen molar-refractivity contribution in [1.82, 2.24) is 4.90 Å². The van der Waals surface area contributed by atoms with Crippen molar-refractivity contribution >= 4 is 11.7 Å². The number of aryl methyl sites for hydroxylation is 1. The lowest BCUT2D eigenvalue weighted by atomic mass is 10.0. The van der Waals surface area contributed by atoms with Crippen LogP contribution in [0.3, 0.4) is 0 Å². The molecule has 0 bridgehead atoms. The fourth-order valence-corrected chi connectivity index (χ4v) is 2.53. The molecule has 1 saturated heterocycles. The van der Waals surface area contributed by atoms with Gasteiger partial charge in [-0.2, -0.15) is 0 Å². The first kappa shape index (κ1) is 13.9. The third-order valence-electron chi connectivity index (χ3n) is 3.64. The predicted molar refractivity (Wildman–Crippen MR) is 76.7 cm³/mol. The summed E-state index contributed by atoms with van der Waals surface area (Å²) in [6, 6.07) is 6.10. The summed E-state index contributed by atoms with van der Waals surface area (Å²) in [7, 11) is 3.55. The van der Waals surface area contributed by atoms with E-state index in [1.807, 2.05) is 12.1 Å². The molecule has 1 aromatic rings. The zero-order valence-corrected chi connectivity index (χ0v) is 11.9. The molecule has 0 radical (unpaired) electrons. The van der Waals surface area contributed by atoms with Crippen LogP contribution in [0.25, 0.3) is 0 Å². The Hall–Kier alpha value is -1.55. The lowest BCUT2D eigenvalue weighted by Gasteiger charge is -2.31. The van der Waals surface area contributed by atoms with Crippen LogP contribution in [-0.4, -0.2) is 44.2 Å². The molecule has 1 atom stereocenters. The lowest BCUT2D eigenvalue weighted by molar-refractivity contribution is 0.0601. The number of ether oxygens (including phenoxy) is 1. The van der Waals surface area contributed by atoms with Gasteiger partial charge in [0.1, 0.15) is 0 Å². The van der Waals surface area contributed by atoms with E-state index in [9.17, 15) is 4.79 Å². The number of likely N-dealkylation sites (tertiary alicyclic amines) is 1. The van der Waals surface area contributed by atoms with Crippen LogP contribution >= 0.6 is 0 Å². The van der Waals surface area contributed by atoms with Crippen LogP contribution < -0.4 is 5.32 Å². The number of hydrogen-bond acceptors (Lipinski definition) is 4. The summed E-state index contributed by atoms with van der Waals surface area (Å²) < 4.78 is 4.76. The molecule has 4 heteroatoms. The van der Waals surface area contributed by atoms with Crippen LogP contribution in [0.15, 0.2) is 18.2 Å². The Morgan fingerprint density at radius 1 is 1.47 bits per heavy atom. The topological polar surface area (TPSA) is 41.6 Å². The lowest BCUT2D eigenvalue weighted by Crippen LogP contribution is -2.39. The van der Waals surface area contributed by atoms with Crippen molar-refractivity contribution in [1.29, 1.82) is 0 Å². The Bertz CT molecular complexity index is 459. The zero-order chi connectivity index (χ0) is 13.8. The van der Waals surface area contributed by atoms with Gasteiger partial charge < -0.3 is 15.0 Å². The van der Waals surface area contributed by atoms with Gasteiger partial charge in [0.2, 0.25) is 0 Å². The van der Waals surface area contributed by atoms with Crippen LogP contribution in [-0.2, 0) is 4.74 Å². The highest BCUT2D eigenvalue weighted by molar-refractivity contribution is 5.90. The number of carbonyl (C=O) groups excluding carboxylic acids is 1. The number of nitrogens with one attached hydrogen (secondary N) is 1. The van der Waals surface area contributed by atoms with Gasteiger partial charge in [-0.1, -0.05) is 6.07 Å². The van der Waals surface area contributed by atoms with Crippen molar-refractivity contribution in [2.45, 2.75) is 25.8 Å². The molecule has 0 aliphatic carbocycles. The summed E-state index contributed by atoms with van der Waals surface area (Å²) in [6.07, 6.45) is 2.39. The molecule has 1 aliphatic rings. The van der Waals surface area contributed by atoms with Crippen molar-refractivity contribution in [2.24, 2.45) is 0 Å². The molecular formula is C15H22N2O2. The average Bonchev–Trinajstić information content (AvgIpc) is 2.40. The summed E-state index contributed by atoms with van der Waals surface area (Å²) in [5.74, 6) is -0.288. The van der Waals surface area contributed by atoms with Gasteiger partial charge in [-0.25, -0.2) is 4.79 Å². The van der Waals surface area contributed by atoms with E-state index in [2.05, 4.69) is 24.2 Å². The summed E-state index contributed by atoms with van der Waals surface area (Å²) >= 11 is 0. The number of carbonyl (C=O) groups is 1. The van der Waals surface area contributed by atoms with Crippen LogP contribution in [0.4, 0.5) is 5.69 Å². The number of methoxy groups -OCH3 is 1. The van der Waals surface area contributed by atoms with Crippen molar-refractivity contribution < 1.29 is 9.53 Å². The molecule has 4 nitrogen and oxygen atoms in total. The smallest absolute Gasteiger partial charge is 0.337 e. The van der Waals surface area contributed by atoms with E-state index in [0.29, 0.717) is 11.6 Å². The second kappa shape index (κ2) is 6.06. The minimum Gasteiger partial charge on any atom is -0.465 e. The number of likely N-dealkylation sites (N-methyl/N-ethyl adjacent to an activating group) is 1. The number of nitrogens with zero attached hydrogens (tertiary/aromatic N) is 1. The third-order valence-corrected chi connectivity index (χ3v) is 3.64. The van der Waals surface area contributed by atoms with E-state index < -0.39 is 0 Å². The van der Waals surface area contributed by atoms with Gasteiger partial charge in [0.05, 0.1) is 12.7 Å². The molecule has 1 aliphatic heterocycles. The quantitative estimate of drug-likeness (QED) is 0.849. The minimum atomic E-state index is -0.288. The monoisotopic (exact) mass is 262 g/mol. The maximum absolute atomic E-state index is 11.6. The van der Waals surface area contributed by atoms with Gasteiger partial charge >= 0.3 is 5.97 Å². The second-order valence-corrected chi connectivity index (χ2v) is 5.27. The molecule has 0 spiro atoms. The van der Waals surface area contributed by atoms with Crippen LogP contribution in [0, 0.1) is 6.92 Å². The maximum Gasteiger partial charge on any atom is 0.337 e. The van der Waals surface area contributed by atoms with Gasteiger partial charge in [-0.15, -0.1) is 0 Å². The molecule has 1 aromatic carbocycles. The van der Waals surface area contributed by atoms with E-state index in [0.717, 1.165) is 17.8 Å². The fraction of sp³-hybridized carbons (Fsp3) is 0.533. The minimum absolute atomic E-state index is 0.288. The molecule has 1 heterocycles. The number of esters is 1. The number of hydrogen-bond donors (Lipinski definition) is 1. The number of rotatable bonds is 3. The predicted octanol–water partition coefficient (Wildman–Crippen LogP) is 2.29. The van der Waals surface area contributed by atoms with E-state index in [-0.39, 0.29) is 5.97 Å². The first-order chi connectivity index (χ1) is 9.10. The summed E-state index contributed by atoms with van der Waals surface area (Å²) in [5.41, 5.74) is 2.78. The molecule has 1 N–H and O–H groups in total. The number of anilines is 1. The van der Waals surface area contributed by atoms with Crippen LogP contribution in [0.2, 0.25) is 0 Å². The Labute approximate surface area is 114 Å². The van der Waals surface area contributed by atoms with Crippen LogP contribution in [0.5, 0.6) is 0 Å². The first-order valence-electron chi connectivity index (χ1n) is 6.74. The van der Waals surface area contributed by atoms with Crippen molar-refractivity contribution in [3.63, 3.8) is 0 Å². The van der Waals surface area contributed by atoms with Gasteiger partial charge in [0, 0.05) is 18.3 Å². The fourth-order valence-electron chi connectivity index (χ4n) is 2.53. The zero-order valence-electron chi connectivity index (χ0n) is 11.9. The normalized spacial score (nSPS) is 20.1. The standard InChI is InChI=1S/C15H22N2O2/c1-11-6-7-12(15(18)19-3)9-14(11)16-13-5-4-8-17(2)10-13/h6-7,9,13,16H,4-5,8,10H2,1-3H3. The van der Waals surface area contributed by atoms with E-state index in [4.69, 9.17) is 4.74 Å². The van der Waals surface area contributed by atoms with Gasteiger partial charge in [-0.05, 0) is 51.1 Å². The Balaban J connectivity index is 2.12. The molecule has 1 fully saturated rings. The average molecular weight is 262 g/mol. The molecule has 2 rings (SSSR count). The summed E-state index contributed by atoms with van der Waals surface area (Å²) in [4.78, 5) is 13.9. The molecule has 19 heavy (non-hydrogen) atoms. The van der Waals surface area contributed by atoms with E-state index in [1.54, 1.807) is 6.07 Å². The third kappa shape index (κ3) is 3.47. The summed E-state index contributed by atoms with van der Waals surface area (Å²) in [5, 5.41) is 3.55. The number of benzene rings is 1. The highest BCUT2D eigenvalue weighted by Gasteiger charge is 2.18. The molecule has 0 saturated carbocycles. The largest absolute Gasteiger partial charge is 0.465 e. The van der Waals surface area contributed by atoms with E-state index in [1.165, 1.54) is 26.5 Å². The van der Waals surface area contributed by atoms with E-state index >= 15 is 0 Å². The molecular weight excluding hydrogens is 240 g/mol. The Morgan fingerprint density at radius 2 is 2.26 bits per heavy atom. The highest BCUT2D eigenvalue weighted by atomic mass is 16.5. The molecule has 0 aromatic heterocycles. The van der Waals surface area contributed by atoms with Crippen molar-refractivity contribution in [3.05, 3.63) is 29.3 Å². The number of piperidine rings is 1. The van der Waals surface area contributed by atoms with Gasteiger partial charge in [0.15, 0.2) is 0 Å². The Morgan fingerprint density at radius 3 is 2.95 bits per heavy atom. The van der Waals surface area contributed by atoms with Gasteiger partial charge in [0.25, 0.3) is 0 Å².